The number of aliphatic hydroxyl groups is 1. The number of piperidine rings is 1. The van der Waals surface area contributed by atoms with Crippen LogP contribution >= 0.6 is 0 Å². The third kappa shape index (κ3) is 2.14. The Morgan fingerprint density at radius 1 is 1.06 bits per heavy atom. The van der Waals surface area contributed by atoms with Crippen molar-refractivity contribution >= 4 is 0 Å². The zero-order valence-electron chi connectivity index (χ0n) is 10.3. The average Bonchev–Trinajstić information content (AvgIpc) is 2.87. The van der Waals surface area contributed by atoms with E-state index in [1.54, 1.807) is 0 Å². The first kappa shape index (κ1) is 11.0. The summed E-state index contributed by atoms with van der Waals surface area (Å²) >= 11 is 0. The normalized spacial score (nSPS) is 41.4. The van der Waals surface area contributed by atoms with E-state index < -0.39 is 0 Å². The molecule has 2 unspecified atom stereocenters. The van der Waals surface area contributed by atoms with E-state index in [4.69, 9.17) is 0 Å². The molecule has 3 fully saturated rings. The SMILES string of the molecule is OC1(CC2CCCC2)CCN2CCCC2C1. The Hall–Kier alpha value is -0.0800. The van der Waals surface area contributed by atoms with Crippen LogP contribution in [0, 0.1) is 5.92 Å². The van der Waals surface area contributed by atoms with Crippen molar-refractivity contribution in [1.29, 1.82) is 0 Å². The summed E-state index contributed by atoms with van der Waals surface area (Å²) in [5.74, 6) is 0.831. The fourth-order valence-electron chi connectivity index (χ4n) is 4.25. The summed E-state index contributed by atoms with van der Waals surface area (Å²) in [5.41, 5.74) is -0.305. The fraction of sp³-hybridized carbons (Fsp3) is 1.00. The maximum Gasteiger partial charge on any atom is 0.0677 e. The summed E-state index contributed by atoms with van der Waals surface area (Å²) in [5, 5.41) is 10.8. The Morgan fingerprint density at radius 2 is 1.88 bits per heavy atom. The molecule has 92 valence electrons. The lowest BCUT2D eigenvalue weighted by Crippen LogP contribution is -2.48. The third-order valence-electron chi connectivity index (χ3n) is 5.12. The molecule has 2 heterocycles. The largest absolute Gasteiger partial charge is 0.390 e. The highest BCUT2D eigenvalue weighted by Crippen LogP contribution is 2.40. The standard InChI is InChI=1S/C14H25NO/c16-14(10-12-4-1-2-5-12)7-9-15-8-3-6-13(15)11-14/h12-13,16H,1-11H2. The smallest absolute Gasteiger partial charge is 0.0677 e. The van der Waals surface area contributed by atoms with Gasteiger partial charge < -0.3 is 10.0 Å². The summed E-state index contributed by atoms with van der Waals surface area (Å²) in [6, 6.07) is 0.708. The maximum atomic E-state index is 10.8. The Bertz CT molecular complexity index is 245. The minimum atomic E-state index is -0.305. The van der Waals surface area contributed by atoms with E-state index in [0.29, 0.717) is 6.04 Å². The molecule has 0 spiro atoms. The molecular weight excluding hydrogens is 198 g/mol. The lowest BCUT2D eigenvalue weighted by Gasteiger charge is -2.42. The van der Waals surface area contributed by atoms with Crippen LogP contribution in [0.3, 0.4) is 0 Å². The van der Waals surface area contributed by atoms with Crippen LogP contribution in [0.2, 0.25) is 0 Å². The summed E-state index contributed by atoms with van der Waals surface area (Å²) in [6.45, 7) is 2.43. The van der Waals surface area contributed by atoms with Crippen molar-refractivity contribution in [3.8, 4) is 0 Å². The average molecular weight is 223 g/mol. The van der Waals surface area contributed by atoms with E-state index >= 15 is 0 Å². The summed E-state index contributed by atoms with van der Waals surface area (Å²) < 4.78 is 0. The van der Waals surface area contributed by atoms with Crippen LogP contribution in [0.4, 0.5) is 0 Å². The van der Waals surface area contributed by atoms with Gasteiger partial charge in [-0.3, -0.25) is 0 Å². The monoisotopic (exact) mass is 223 g/mol. The Balaban J connectivity index is 1.59. The van der Waals surface area contributed by atoms with Crippen LogP contribution < -0.4 is 0 Å². The van der Waals surface area contributed by atoms with Gasteiger partial charge in [0.05, 0.1) is 5.60 Å². The number of nitrogens with zero attached hydrogens (tertiary/aromatic N) is 1. The first-order valence-electron chi connectivity index (χ1n) is 7.22. The number of hydrogen-bond donors (Lipinski definition) is 1. The minimum Gasteiger partial charge on any atom is -0.390 e. The highest BCUT2D eigenvalue weighted by atomic mass is 16.3. The van der Waals surface area contributed by atoms with Crippen molar-refractivity contribution in [3.05, 3.63) is 0 Å². The van der Waals surface area contributed by atoms with Crippen LogP contribution in [0.15, 0.2) is 0 Å². The minimum absolute atomic E-state index is 0.305. The van der Waals surface area contributed by atoms with Crippen LogP contribution in [0.1, 0.15) is 57.8 Å². The molecule has 1 N–H and O–H groups in total. The topological polar surface area (TPSA) is 23.5 Å². The van der Waals surface area contributed by atoms with E-state index in [1.165, 1.54) is 45.1 Å². The highest BCUT2D eigenvalue weighted by molar-refractivity contribution is 4.96. The number of hydrogen-bond acceptors (Lipinski definition) is 2. The molecule has 2 nitrogen and oxygen atoms in total. The molecular formula is C14H25NO. The van der Waals surface area contributed by atoms with Gasteiger partial charge in [-0.25, -0.2) is 0 Å². The summed E-state index contributed by atoms with van der Waals surface area (Å²) in [4.78, 5) is 2.60. The molecule has 1 aliphatic carbocycles. The molecule has 2 atom stereocenters. The molecule has 0 radical (unpaired) electrons. The van der Waals surface area contributed by atoms with Crippen LogP contribution in [-0.2, 0) is 0 Å². The van der Waals surface area contributed by atoms with Gasteiger partial charge in [0.2, 0.25) is 0 Å². The van der Waals surface area contributed by atoms with Gasteiger partial charge in [0, 0.05) is 12.6 Å². The molecule has 2 saturated heterocycles. The van der Waals surface area contributed by atoms with E-state index in [1.807, 2.05) is 0 Å². The van der Waals surface area contributed by atoms with Crippen molar-refractivity contribution in [3.63, 3.8) is 0 Å². The van der Waals surface area contributed by atoms with Crippen molar-refractivity contribution in [2.45, 2.75) is 69.4 Å². The molecule has 0 bridgehead atoms. The van der Waals surface area contributed by atoms with Gasteiger partial charge in [-0.15, -0.1) is 0 Å². The van der Waals surface area contributed by atoms with Gasteiger partial charge in [-0.05, 0) is 44.6 Å². The van der Waals surface area contributed by atoms with E-state index in [-0.39, 0.29) is 5.60 Å². The van der Waals surface area contributed by atoms with Gasteiger partial charge in [-0.2, -0.15) is 0 Å². The number of fused-ring (bicyclic) bond motifs is 1. The maximum absolute atomic E-state index is 10.8. The van der Waals surface area contributed by atoms with Crippen molar-refractivity contribution in [2.75, 3.05) is 13.1 Å². The summed E-state index contributed by atoms with van der Waals surface area (Å²) in [6.07, 6.45) is 11.4. The van der Waals surface area contributed by atoms with E-state index in [9.17, 15) is 5.11 Å². The first-order valence-corrected chi connectivity index (χ1v) is 7.22. The Morgan fingerprint density at radius 3 is 2.69 bits per heavy atom. The van der Waals surface area contributed by atoms with Gasteiger partial charge in [-0.1, -0.05) is 25.7 Å². The molecule has 0 aromatic rings. The third-order valence-corrected chi connectivity index (χ3v) is 5.12. The van der Waals surface area contributed by atoms with E-state index in [0.717, 1.165) is 31.7 Å². The lowest BCUT2D eigenvalue weighted by atomic mass is 9.79. The zero-order chi connectivity index (χ0) is 11.0. The summed E-state index contributed by atoms with van der Waals surface area (Å²) in [7, 11) is 0. The van der Waals surface area contributed by atoms with E-state index in [2.05, 4.69) is 4.90 Å². The Labute approximate surface area is 99.0 Å². The molecule has 0 aromatic heterocycles. The van der Waals surface area contributed by atoms with Gasteiger partial charge >= 0.3 is 0 Å². The molecule has 3 aliphatic rings. The molecule has 3 rings (SSSR count). The second-order valence-electron chi connectivity index (χ2n) is 6.37. The second-order valence-corrected chi connectivity index (χ2v) is 6.37. The molecule has 2 aliphatic heterocycles. The van der Waals surface area contributed by atoms with Gasteiger partial charge in [0.1, 0.15) is 0 Å². The molecule has 2 heteroatoms. The predicted octanol–water partition coefficient (Wildman–Crippen LogP) is 2.56. The van der Waals surface area contributed by atoms with Crippen LogP contribution in [-0.4, -0.2) is 34.7 Å². The number of rotatable bonds is 2. The van der Waals surface area contributed by atoms with Crippen molar-refractivity contribution in [2.24, 2.45) is 5.92 Å². The van der Waals surface area contributed by atoms with Gasteiger partial charge in [0.15, 0.2) is 0 Å². The van der Waals surface area contributed by atoms with Crippen molar-refractivity contribution < 1.29 is 5.11 Å². The molecule has 0 amide bonds. The van der Waals surface area contributed by atoms with Crippen LogP contribution in [0.5, 0.6) is 0 Å². The zero-order valence-corrected chi connectivity index (χ0v) is 10.3. The fourth-order valence-corrected chi connectivity index (χ4v) is 4.25. The quantitative estimate of drug-likeness (QED) is 0.777. The predicted molar refractivity (Wildman–Crippen MR) is 65.4 cm³/mol. The highest BCUT2D eigenvalue weighted by Gasteiger charge is 2.41. The van der Waals surface area contributed by atoms with Gasteiger partial charge in [0.25, 0.3) is 0 Å². The molecule has 16 heavy (non-hydrogen) atoms. The van der Waals surface area contributed by atoms with Crippen LogP contribution in [0.25, 0.3) is 0 Å². The second kappa shape index (κ2) is 4.30. The Kier molecular flexibility index (Phi) is 2.97. The lowest BCUT2D eigenvalue weighted by molar-refractivity contribution is -0.0519. The molecule has 0 aromatic carbocycles. The molecule has 1 saturated carbocycles. The van der Waals surface area contributed by atoms with Crippen molar-refractivity contribution in [1.82, 2.24) is 4.90 Å². The first-order chi connectivity index (χ1) is 7.75.